The van der Waals surface area contributed by atoms with E-state index < -0.39 is 18.0 Å². The number of carbonyl (C=O) groups is 2. The van der Waals surface area contributed by atoms with E-state index in [0.29, 0.717) is 0 Å². The van der Waals surface area contributed by atoms with E-state index in [1.807, 2.05) is 0 Å². The number of hydrogen-bond acceptors (Lipinski definition) is 4. The predicted octanol–water partition coefficient (Wildman–Crippen LogP) is 0.295. The Hall–Kier alpha value is -1.99. The number of amides is 2. The highest BCUT2D eigenvalue weighted by atomic mass is 19.4. The third kappa shape index (κ3) is 3.01. The molecule has 0 fully saturated rings. The summed E-state index contributed by atoms with van der Waals surface area (Å²) in [4.78, 5) is 28.2. The van der Waals surface area contributed by atoms with Gasteiger partial charge in [-0.1, -0.05) is 0 Å². The summed E-state index contributed by atoms with van der Waals surface area (Å²) in [6.07, 6.45) is -1.80. The van der Waals surface area contributed by atoms with Crippen molar-refractivity contribution in [2.24, 2.45) is 0 Å². The fourth-order valence-electron chi connectivity index (χ4n) is 0.654. The largest absolute Gasteiger partial charge is 0.471 e. The van der Waals surface area contributed by atoms with Gasteiger partial charge in [-0.2, -0.15) is 13.2 Å². The first-order valence-electron chi connectivity index (χ1n) is 3.60. The molecule has 8 heteroatoms. The van der Waals surface area contributed by atoms with E-state index in [0.717, 1.165) is 17.7 Å². The second-order valence-corrected chi connectivity index (χ2v) is 2.37. The molecule has 0 aliphatic heterocycles. The summed E-state index contributed by atoms with van der Waals surface area (Å²) in [6.45, 7) is 0. The third-order valence-corrected chi connectivity index (χ3v) is 1.28. The molecule has 0 atom stereocenters. The summed E-state index contributed by atoms with van der Waals surface area (Å²) >= 11 is 0. The zero-order valence-corrected chi connectivity index (χ0v) is 7.08. The monoisotopic (exact) mass is 219 g/mol. The van der Waals surface area contributed by atoms with Gasteiger partial charge >= 0.3 is 12.1 Å². The van der Waals surface area contributed by atoms with E-state index in [9.17, 15) is 22.8 Å². The molecule has 2 amide bonds. The van der Waals surface area contributed by atoms with Crippen molar-refractivity contribution in [2.45, 2.75) is 6.18 Å². The number of nitrogens with one attached hydrogen (secondary N) is 1. The zero-order chi connectivity index (χ0) is 11.5. The van der Waals surface area contributed by atoms with Gasteiger partial charge in [-0.15, -0.1) is 0 Å². The first-order valence-corrected chi connectivity index (χ1v) is 3.60. The number of carbonyl (C=O) groups excluding carboxylic acids is 2. The number of hydrogen-bond donors (Lipinski definition) is 1. The Balaban J connectivity index is 2.70. The van der Waals surface area contributed by atoms with Gasteiger partial charge < -0.3 is 0 Å². The first-order chi connectivity index (χ1) is 6.91. The molecular formula is C7H4F3N3O2. The Morgan fingerprint density at radius 3 is 2.40 bits per heavy atom. The minimum absolute atomic E-state index is 0.366. The first kappa shape index (κ1) is 11.1. The maximum atomic E-state index is 11.7. The Morgan fingerprint density at radius 2 is 1.93 bits per heavy atom. The molecule has 1 N–H and O–H groups in total. The molecule has 0 saturated heterocycles. The molecule has 0 saturated carbocycles. The average molecular weight is 219 g/mol. The number of aromatic nitrogens is 2. The molecule has 0 aromatic carbocycles. The topological polar surface area (TPSA) is 72.0 Å². The van der Waals surface area contributed by atoms with Gasteiger partial charge in [0.25, 0.3) is 5.91 Å². The lowest BCUT2D eigenvalue weighted by molar-refractivity contribution is -0.172. The maximum absolute atomic E-state index is 11.7. The second-order valence-electron chi connectivity index (χ2n) is 2.37. The summed E-state index contributed by atoms with van der Waals surface area (Å²) in [7, 11) is 0. The lowest BCUT2D eigenvalue weighted by Crippen LogP contribution is -2.40. The molecule has 0 bridgehead atoms. The van der Waals surface area contributed by atoms with Gasteiger partial charge in [0.05, 0.1) is 6.20 Å². The highest BCUT2D eigenvalue weighted by Gasteiger charge is 2.39. The van der Waals surface area contributed by atoms with Gasteiger partial charge in [-0.25, -0.2) is 4.98 Å². The molecule has 1 heterocycles. The van der Waals surface area contributed by atoms with Crippen LogP contribution in [0.1, 0.15) is 10.5 Å². The second kappa shape index (κ2) is 4.03. The highest BCUT2D eigenvalue weighted by molar-refractivity contribution is 6.04. The van der Waals surface area contributed by atoms with E-state index >= 15 is 0 Å². The van der Waals surface area contributed by atoms with Crippen molar-refractivity contribution in [1.82, 2.24) is 15.3 Å². The Labute approximate surface area is 81.3 Å². The Kier molecular flexibility index (Phi) is 2.98. The number of alkyl halides is 3. The molecule has 0 radical (unpaired) electrons. The van der Waals surface area contributed by atoms with Crippen molar-refractivity contribution in [3.8, 4) is 0 Å². The van der Waals surface area contributed by atoms with Gasteiger partial charge in [-0.05, 0) is 0 Å². The van der Waals surface area contributed by atoms with E-state index in [-0.39, 0.29) is 5.69 Å². The SMILES string of the molecule is O=C(NC(=O)C(F)(F)F)c1cnccn1. The van der Waals surface area contributed by atoms with Crippen molar-refractivity contribution >= 4 is 11.8 Å². The van der Waals surface area contributed by atoms with Crippen LogP contribution in [0.3, 0.4) is 0 Å². The van der Waals surface area contributed by atoms with Gasteiger partial charge in [0, 0.05) is 12.4 Å². The number of imide groups is 1. The molecule has 80 valence electrons. The molecule has 0 aliphatic rings. The molecule has 15 heavy (non-hydrogen) atoms. The Bertz CT molecular complexity index is 377. The van der Waals surface area contributed by atoms with Gasteiger partial charge in [-0.3, -0.25) is 19.9 Å². The lowest BCUT2D eigenvalue weighted by Gasteiger charge is -2.05. The highest BCUT2D eigenvalue weighted by Crippen LogP contribution is 2.14. The smallest absolute Gasteiger partial charge is 0.283 e. The van der Waals surface area contributed by atoms with Crippen LogP contribution in [0.15, 0.2) is 18.6 Å². The zero-order valence-electron chi connectivity index (χ0n) is 7.08. The number of nitrogens with zero attached hydrogens (tertiary/aromatic N) is 2. The summed E-state index contributed by atoms with van der Waals surface area (Å²) < 4.78 is 35.2. The molecule has 0 unspecified atom stereocenters. The molecule has 1 rings (SSSR count). The van der Waals surface area contributed by atoms with E-state index in [1.54, 1.807) is 0 Å². The van der Waals surface area contributed by atoms with Crippen LogP contribution in [0, 0.1) is 0 Å². The predicted molar refractivity (Wildman–Crippen MR) is 40.6 cm³/mol. The normalized spacial score (nSPS) is 10.9. The number of rotatable bonds is 1. The minimum atomic E-state index is -5.10. The van der Waals surface area contributed by atoms with E-state index in [4.69, 9.17) is 0 Å². The van der Waals surface area contributed by atoms with E-state index in [2.05, 4.69) is 9.97 Å². The van der Waals surface area contributed by atoms with Crippen LogP contribution in [0.4, 0.5) is 13.2 Å². The summed E-state index contributed by atoms with van der Waals surface area (Å²) in [6, 6.07) is 0. The van der Waals surface area contributed by atoms with Crippen molar-refractivity contribution < 1.29 is 22.8 Å². The molecule has 0 spiro atoms. The van der Waals surface area contributed by atoms with Gasteiger partial charge in [0.1, 0.15) is 5.69 Å². The number of halogens is 3. The van der Waals surface area contributed by atoms with Crippen LogP contribution >= 0.6 is 0 Å². The Morgan fingerprint density at radius 1 is 1.27 bits per heavy atom. The van der Waals surface area contributed by atoms with Crippen LogP contribution in [0.5, 0.6) is 0 Å². The fourth-order valence-corrected chi connectivity index (χ4v) is 0.654. The van der Waals surface area contributed by atoms with Crippen molar-refractivity contribution in [2.75, 3.05) is 0 Å². The molecule has 0 aliphatic carbocycles. The molecule has 1 aromatic heterocycles. The van der Waals surface area contributed by atoms with Gasteiger partial charge in [0.15, 0.2) is 0 Å². The average Bonchev–Trinajstić information content (AvgIpc) is 2.17. The summed E-state index contributed by atoms with van der Waals surface area (Å²) in [5.41, 5.74) is -0.366. The standard InChI is InChI=1S/C7H4F3N3O2/c8-7(9,10)6(15)13-5(14)4-3-11-1-2-12-4/h1-3H,(H,13,14,15). The van der Waals surface area contributed by atoms with Crippen LogP contribution in [0.25, 0.3) is 0 Å². The molecular weight excluding hydrogens is 215 g/mol. The fraction of sp³-hybridized carbons (Fsp3) is 0.143. The van der Waals surface area contributed by atoms with Crippen LogP contribution < -0.4 is 5.32 Å². The summed E-state index contributed by atoms with van der Waals surface area (Å²) in [5.74, 6) is -3.58. The van der Waals surface area contributed by atoms with Crippen molar-refractivity contribution in [1.29, 1.82) is 0 Å². The maximum Gasteiger partial charge on any atom is 0.471 e. The molecule has 5 nitrogen and oxygen atoms in total. The van der Waals surface area contributed by atoms with Crippen LogP contribution in [0.2, 0.25) is 0 Å². The van der Waals surface area contributed by atoms with Crippen LogP contribution in [-0.4, -0.2) is 28.0 Å². The third-order valence-electron chi connectivity index (χ3n) is 1.28. The molecule has 1 aromatic rings. The summed E-state index contributed by atoms with van der Waals surface area (Å²) in [5, 5.41) is 1.13. The minimum Gasteiger partial charge on any atom is -0.283 e. The van der Waals surface area contributed by atoms with E-state index in [1.165, 1.54) is 6.20 Å². The van der Waals surface area contributed by atoms with Crippen LogP contribution in [-0.2, 0) is 4.79 Å². The quantitative estimate of drug-likeness (QED) is 0.737. The lowest BCUT2D eigenvalue weighted by atomic mass is 10.4. The van der Waals surface area contributed by atoms with Crippen molar-refractivity contribution in [3.63, 3.8) is 0 Å². The van der Waals surface area contributed by atoms with Gasteiger partial charge in [0.2, 0.25) is 0 Å². The van der Waals surface area contributed by atoms with Crippen molar-refractivity contribution in [3.05, 3.63) is 24.3 Å².